The van der Waals surface area contributed by atoms with Gasteiger partial charge in [-0.15, -0.1) is 0 Å². The van der Waals surface area contributed by atoms with Gasteiger partial charge in [0.1, 0.15) is 0 Å². The van der Waals surface area contributed by atoms with Gasteiger partial charge in [0.15, 0.2) is 0 Å². The quantitative estimate of drug-likeness (QED) is 0.858. The third-order valence-electron chi connectivity index (χ3n) is 4.09. The van der Waals surface area contributed by atoms with Crippen LogP contribution >= 0.6 is 0 Å². The van der Waals surface area contributed by atoms with Crippen molar-refractivity contribution in [1.29, 1.82) is 0 Å². The molecule has 0 saturated heterocycles. The van der Waals surface area contributed by atoms with Crippen LogP contribution in [0.15, 0.2) is 30.5 Å². The Labute approximate surface area is 114 Å². The molecule has 0 bridgehead atoms. The summed E-state index contributed by atoms with van der Waals surface area (Å²) in [6.45, 7) is 2.34. The van der Waals surface area contributed by atoms with Crippen LogP contribution in [0.4, 0.5) is 11.4 Å². The molecule has 1 aromatic heterocycles. The van der Waals surface area contributed by atoms with E-state index in [0.717, 1.165) is 28.2 Å². The van der Waals surface area contributed by atoms with Crippen LogP contribution in [0.3, 0.4) is 0 Å². The number of nitrogens with zero attached hydrogens (tertiary/aromatic N) is 1. The Morgan fingerprint density at radius 1 is 1.26 bits per heavy atom. The van der Waals surface area contributed by atoms with E-state index < -0.39 is 0 Å². The molecule has 3 nitrogen and oxygen atoms in total. The van der Waals surface area contributed by atoms with Crippen LogP contribution in [-0.4, -0.2) is 11.0 Å². The Bertz CT molecular complexity index is 579. The summed E-state index contributed by atoms with van der Waals surface area (Å²) in [5.74, 6) is 0.806. The van der Waals surface area contributed by atoms with Crippen LogP contribution in [-0.2, 0) is 0 Å². The molecular formula is C16H21N3. The Morgan fingerprint density at radius 2 is 2.11 bits per heavy atom. The van der Waals surface area contributed by atoms with Crippen molar-refractivity contribution in [2.24, 2.45) is 5.92 Å². The van der Waals surface area contributed by atoms with E-state index in [0.29, 0.717) is 6.04 Å². The van der Waals surface area contributed by atoms with Gasteiger partial charge in [-0.1, -0.05) is 38.0 Å². The maximum Gasteiger partial charge on any atom is 0.0743 e. The van der Waals surface area contributed by atoms with E-state index in [9.17, 15) is 0 Å². The van der Waals surface area contributed by atoms with Gasteiger partial charge in [-0.3, -0.25) is 4.98 Å². The number of hydrogen-bond donors (Lipinski definition) is 2. The van der Waals surface area contributed by atoms with Crippen molar-refractivity contribution in [2.45, 2.75) is 38.6 Å². The highest BCUT2D eigenvalue weighted by Gasteiger charge is 2.20. The Balaban J connectivity index is 1.93. The van der Waals surface area contributed by atoms with E-state index in [4.69, 9.17) is 5.73 Å². The second kappa shape index (κ2) is 5.08. The van der Waals surface area contributed by atoms with Crippen molar-refractivity contribution in [3.8, 4) is 0 Å². The molecule has 0 spiro atoms. The van der Waals surface area contributed by atoms with Gasteiger partial charge in [0, 0.05) is 11.4 Å². The van der Waals surface area contributed by atoms with Crippen LogP contribution in [0.25, 0.3) is 10.9 Å². The number of benzene rings is 1. The summed E-state index contributed by atoms with van der Waals surface area (Å²) < 4.78 is 0. The molecule has 2 unspecified atom stereocenters. The first kappa shape index (κ1) is 12.3. The zero-order chi connectivity index (χ0) is 13.2. The summed E-state index contributed by atoms with van der Waals surface area (Å²) in [5, 5.41) is 4.78. The number of anilines is 2. The zero-order valence-corrected chi connectivity index (χ0v) is 11.4. The molecule has 1 aromatic carbocycles. The van der Waals surface area contributed by atoms with Crippen LogP contribution in [0.2, 0.25) is 0 Å². The van der Waals surface area contributed by atoms with Crippen molar-refractivity contribution in [3.05, 3.63) is 30.5 Å². The van der Waals surface area contributed by atoms with Gasteiger partial charge in [0.05, 0.1) is 23.1 Å². The predicted molar refractivity (Wildman–Crippen MR) is 81.2 cm³/mol. The second-order valence-corrected chi connectivity index (χ2v) is 5.72. The Hall–Kier alpha value is -1.77. The maximum atomic E-state index is 6.11. The van der Waals surface area contributed by atoms with Gasteiger partial charge in [-0.25, -0.2) is 0 Å². The number of para-hydroxylation sites is 1. The van der Waals surface area contributed by atoms with Crippen LogP contribution in [0, 0.1) is 5.92 Å². The SMILES string of the molecule is CC1CCCC(Nc2c(N)cnc3ccccc23)C1. The van der Waals surface area contributed by atoms with Crippen molar-refractivity contribution in [3.63, 3.8) is 0 Å². The molecule has 2 atom stereocenters. The third kappa shape index (κ3) is 2.50. The lowest BCUT2D eigenvalue weighted by molar-refractivity contribution is 0.359. The first-order chi connectivity index (χ1) is 9.24. The standard InChI is InChI=1S/C16H21N3/c1-11-5-4-6-12(9-11)19-16-13-7-2-3-8-15(13)18-10-14(16)17/h2-3,7-8,10-12H,4-6,9,17H2,1H3,(H,18,19). The topological polar surface area (TPSA) is 50.9 Å². The molecule has 2 aromatic rings. The first-order valence-electron chi connectivity index (χ1n) is 7.14. The van der Waals surface area contributed by atoms with Gasteiger partial charge in [0.2, 0.25) is 0 Å². The number of nitrogen functional groups attached to an aromatic ring is 1. The number of rotatable bonds is 2. The van der Waals surface area contributed by atoms with Crippen molar-refractivity contribution < 1.29 is 0 Å². The highest BCUT2D eigenvalue weighted by atomic mass is 14.9. The lowest BCUT2D eigenvalue weighted by atomic mass is 9.87. The summed E-state index contributed by atoms with van der Waals surface area (Å²) in [5.41, 5.74) is 8.92. The summed E-state index contributed by atoms with van der Waals surface area (Å²) in [6.07, 6.45) is 6.89. The molecule has 1 aliphatic carbocycles. The predicted octanol–water partition coefficient (Wildman–Crippen LogP) is 3.81. The lowest BCUT2D eigenvalue weighted by Gasteiger charge is -2.29. The van der Waals surface area contributed by atoms with E-state index in [2.05, 4.69) is 23.3 Å². The molecule has 3 heteroatoms. The number of pyridine rings is 1. The summed E-state index contributed by atoms with van der Waals surface area (Å²) in [7, 11) is 0. The average Bonchev–Trinajstić information content (AvgIpc) is 2.42. The largest absolute Gasteiger partial charge is 0.396 e. The molecule has 0 aliphatic heterocycles. The van der Waals surface area contributed by atoms with Gasteiger partial charge in [-0.05, 0) is 24.8 Å². The van der Waals surface area contributed by atoms with E-state index in [1.807, 2.05) is 18.2 Å². The second-order valence-electron chi connectivity index (χ2n) is 5.72. The van der Waals surface area contributed by atoms with E-state index in [1.165, 1.54) is 25.7 Å². The zero-order valence-electron chi connectivity index (χ0n) is 11.4. The van der Waals surface area contributed by atoms with Gasteiger partial charge < -0.3 is 11.1 Å². The lowest BCUT2D eigenvalue weighted by Crippen LogP contribution is -2.26. The molecule has 19 heavy (non-hydrogen) atoms. The monoisotopic (exact) mass is 255 g/mol. The Kier molecular flexibility index (Phi) is 3.28. The number of nitrogens with one attached hydrogen (secondary N) is 1. The highest BCUT2D eigenvalue weighted by molar-refractivity contribution is 5.96. The fourth-order valence-electron chi connectivity index (χ4n) is 3.09. The smallest absolute Gasteiger partial charge is 0.0743 e. The normalized spacial score (nSPS) is 23.4. The fraction of sp³-hybridized carbons (Fsp3) is 0.438. The fourth-order valence-corrected chi connectivity index (χ4v) is 3.09. The van der Waals surface area contributed by atoms with Gasteiger partial charge in [-0.2, -0.15) is 0 Å². The van der Waals surface area contributed by atoms with Gasteiger partial charge >= 0.3 is 0 Å². The molecule has 3 rings (SSSR count). The number of nitrogens with two attached hydrogens (primary N) is 1. The van der Waals surface area contributed by atoms with Crippen molar-refractivity contribution in [2.75, 3.05) is 11.1 Å². The molecule has 3 N–H and O–H groups in total. The minimum absolute atomic E-state index is 0.539. The average molecular weight is 255 g/mol. The van der Waals surface area contributed by atoms with Crippen LogP contribution < -0.4 is 11.1 Å². The molecule has 1 saturated carbocycles. The summed E-state index contributed by atoms with van der Waals surface area (Å²) in [6, 6.07) is 8.71. The van der Waals surface area contributed by atoms with Crippen LogP contribution in [0.5, 0.6) is 0 Å². The minimum atomic E-state index is 0.539. The minimum Gasteiger partial charge on any atom is -0.396 e. The van der Waals surface area contributed by atoms with E-state index >= 15 is 0 Å². The molecule has 1 heterocycles. The highest BCUT2D eigenvalue weighted by Crippen LogP contribution is 2.32. The molecule has 1 aliphatic rings. The number of fused-ring (bicyclic) bond motifs is 1. The summed E-state index contributed by atoms with van der Waals surface area (Å²) in [4.78, 5) is 4.38. The molecule has 1 fully saturated rings. The van der Waals surface area contributed by atoms with Gasteiger partial charge in [0.25, 0.3) is 0 Å². The third-order valence-corrected chi connectivity index (χ3v) is 4.09. The summed E-state index contributed by atoms with van der Waals surface area (Å²) >= 11 is 0. The van der Waals surface area contributed by atoms with Crippen molar-refractivity contribution >= 4 is 22.3 Å². The Morgan fingerprint density at radius 3 is 2.95 bits per heavy atom. The number of aromatic nitrogens is 1. The maximum absolute atomic E-state index is 6.11. The first-order valence-corrected chi connectivity index (χ1v) is 7.14. The molecule has 0 radical (unpaired) electrons. The molecule has 0 amide bonds. The van der Waals surface area contributed by atoms with Crippen molar-refractivity contribution in [1.82, 2.24) is 4.98 Å². The molecule has 100 valence electrons. The number of hydrogen-bond acceptors (Lipinski definition) is 3. The van der Waals surface area contributed by atoms with Crippen LogP contribution in [0.1, 0.15) is 32.6 Å². The molecular weight excluding hydrogens is 234 g/mol. The van der Waals surface area contributed by atoms with E-state index in [1.54, 1.807) is 6.20 Å². The van der Waals surface area contributed by atoms with E-state index in [-0.39, 0.29) is 0 Å².